The largest absolute Gasteiger partial charge is 0.294 e. The molecule has 1 N–H and O–H groups in total. The molecule has 4 nitrogen and oxygen atoms in total. The molecule has 5 heteroatoms. The third kappa shape index (κ3) is 7.42. The number of hydrogen-bond donors (Lipinski definition) is 1. The van der Waals surface area contributed by atoms with E-state index >= 15 is 0 Å². The average molecular weight is 409 g/mol. The number of nitrogens with zero attached hydrogens (tertiary/aromatic N) is 3. The molecule has 0 amide bonds. The predicted octanol–water partition coefficient (Wildman–Crippen LogP) is 7.68. The van der Waals surface area contributed by atoms with Gasteiger partial charge in [-0.2, -0.15) is 0 Å². The number of unbranched alkanes of at least 4 members (excludes halogenated alkanes) is 8. The Balaban J connectivity index is 1.76. The van der Waals surface area contributed by atoms with Crippen molar-refractivity contribution in [2.24, 2.45) is 5.92 Å². The van der Waals surface area contributed by atoms with Gasteiger partial charge >= 0.3 is 0 Å². The minimum absolute atomic E-state index is 0.690. The number of H-pyrrole nitrogens is 1. The van der Waals surface area contributed by atoms with Gasteiger partial charge in [0.05, 0.1) is 5.69 Å². The summed E-state index contributed by atoms with van der Waals surface area (Å²) in [6.07, 6.45) is 20.2. The van der Waals surface area contributed by atoms with E-state index in [0.717, 1.165) is 29.5 Å². The number of hydrogen-bond acceptors (Lipinski definition) is 2. The van der Waals surface area contributed by atoms with Crippen LogP contribution in [0.5, 0.6) is 0 Å². The van der Waals surface area contributed by atoms with E-state index in [-0.39, 0.29) is 0 Å². The fourth-order valence-corrected chi connectivity index (χ4v) is 4.34. The minimum Gasteiger partial charge on any atom is -0.294 e. The summed E-state index contributed by atoms with van der Waals surface area (Å²) < 4.78 is 1.96. The van der Waals surface area contributed by atoms with E-state index in [2.05, 4.69) is 29.1 Å². The second-order valence-electron chi connectivity index (χ2n) is 8.49. The van der Waals surface area contributed by atoms with Crippen molar-refractivity contribution in [3.8, 4) is 0 Å². The van der Waals surface area contributed by atoms with Gasteiger partial charge in [0.2, 0.25) is 0 Å². The average Bonchev–Trinajstić information content (AvgIpc) is 3.21. The van der Waals surface area contributed by atoms with Crippen LogP contribution in [0.15, 0.2) is 0 Å². The van der Waals surface area contributed by atoms with Crippen LogP contribution in [0.3, 0.4) is 0 Å². The fourth-order valence-electron chi connectivity index (χ4n) is 4.18. The number of halogens is 1. The lowest BCUT2D eigenvalue weighted by molar-refractivity contribution is 0.372. The lowest BCUT2D eigenvalue weighted by Gasteiger charge is -2.16. The first-order valence-electron chi connectivity index (χ1n) is 11.7. The van der Waals surface area contributed by atoms with Crippen molar-refractivity contribution >= 4 is 17.2 Å². The van der Waals surface area contributed by atoms with Crippen LogP contribution in [0.4, 0.5) is 0 Å². The Hall–Kier alpha value is -1.03. The maximum atomic E-state index is 6.27. The maximum Gasteiger partial charge on any atom is 0.196 e. The van der Waals surface area contributed by atoms with Crippen molar-refractivity contribution in [2.75, 3.05) is 0 Å². The van der Waals surface area contributed by atoms with Crippen molar-refractivity contribution < 1.29 is 0 Å². The van der Waals surface area contributed by atoms with Crippen molar-refractivity contribution in [1.82, 2.24) is 19.8 Å². The van der Waals surface area contributed by atoms with Crippen LogP contribution in [0, 0.1) is 12.8 Å². The van der Waals surface area contributed by atoms with Crippen molar-refractivity contribution in [3.05, 3.63) is 16.5 Å². The highest BCUT2D eigenvalue weighted by Gasteiger charge is 2.14. The van der Waals surface area contributed by atoms with Crippen LogP contribution < -0.4 is 0 Å². The maximum absolute atomic E-state index is 6.27. The Labute approximate surface area is 176 Å². The zero-order valence-electron chi connectivity index (χ0n) is 18.4. The normalized spacial score (nSPS) is 12.9. The quantitative estimate of drug-likeness (QED) is 0.289. The van der Waals surface area contributed by atoms with Crippen LogP contribution in [-0.2, 0) is 6.42 Å². The summed E-state index contributed by atoms with van der Waals surface area (Å²) in [6.45, 7) is 6.56. The molecule has 160 valence electrons. The number of fused-ring (bicyclic) bond motifs is 1. The van der Waals surface area contributed by atoms with Gasteiger partial charge in [0.15, 0.2) is 11.5 Å². The summed E-state index contributed by atoms with van der Waals surface area (Å²) in [5.74, 6) is 1.88. The second kappa shape index (κ2) is 13.2. The highest BCUT2D eigenvalue weighted by molar-refractivity contribution is 6.34. The van der Waals surface area contributed by atoms with Gasteiger partial charge in [-0.25, -0.2) is 4.52 Å². The molecule has 0 aliphatic carbocycles. The van der Waals surface area contributed by atoms with Gasteiger partial charge in [-0.1, -0.05) is 109 Å². The smallest absolute Gasteiger partial charge is 0.196 e. The lowest BCUT2D eigenvalue weighted by Crippen LogP contribution is -2.04. The van der Waals surface area contributed by atoms with Crippen molar-refractivity contribution in [3.63, 3.8) is 0 Å². The molecule has 0 fully saturated rings. The highest BCUT2D eigenvalue weighted by Crippen LogP contribution is 2.25. The van der Waals surface area contributed by atoms with E-state index < -0.39 is 0 Å². The number of aryl methyl sites for hydroxylation is 2. The molecule has 0 bridgehead atoms. The number of aromatic amines is 1. The molecule has 2 aromatic heterocycles. The van der Waals surface area contributed by atoms with Crippen LogP contribution in [0.2, 0.25) is 5.02 Å². The fraction of sp³-hybridized carbons (Fsp3) is 0.826. The van der Waals surface area contributed by atoms with Gasteiger partial charge in [-0.05, 0) is 19.3 Å². The van der Waals surface area contributed by atoms with Gasteiger partial charge in [0.25, 0.3) is 0 Å². The van der Waals surface area contributed by atoms with Gasteiger partial charge in [-0.15, -0.1) is 10.2 Å². The molecule has 0 aliphatic rings. The van der Waals surface area contributed by atoms with Crippen molar-refractivity contribution in [1.29, 1.82) is 0 Å². The molecular weight excluding hydrogens is 368 g/mol. The number of aromatic nitrogens is 4. The molecule has 28 heavy (non-hydrogen) atoms. The molecule has 0 saturated heterocycles. The van der Waals surface area contributed by atoms with E-state index in [4.69, 9.17) is 11.6 Å². The molecule has 1 unspecified atom stereocenters. The molecular formula is C23H41ClN4. The van der Waals surface area contributed by atoms with Crippen LogP contribution in [-0.4, -0.2) is 19.8 Å². The van der Waals surface area contributed by atoms with Gasteiger partial charge < -0.3 is 0 Å². The van der Waals surface area contributed by atoms with Crippen LogP contribution >= 0.6 is 11.6 Å². The highest BCUT2D eigenvalue weighted by atomic mass is 35.5. The van der Waals surface area contributed by atoms with E-state index in [1.807, 2.05) is 11.4 Å². The van der Waals surface area contributed by atoms with Gasteiger partial charge in [0, 0.05) is 6.42 Å². The third-order valence-electron chi connectivity index (χ3n) is 5.98. The molecule has 1 atom stereocenters. The molecule has 2 rings (SSSR count). The van der Waals surface area contributed by atoms with E-state index in [1.54, 1.807) is 0 Å². The number of nitrogens with one attached hydrogen (secondary N) is 1. The Bertz CT molecular complexity index is 661. The molecule has 0 saturated carbocycles. The predicted molar refractivity (Wildman–Crippen MR) is 120 cm³/mol. The van der Waals surface area contributed by atoms with Crippen LogP contribution in [0.1, 0.15) is 115 Å². The van der Waals surface area contributed by atoms with Crippen LogP contribution in [0.25, 0.3) is 5.65 Å². The van der Waals surface area contributed by atoms with Crippen molar-refractivity contribution in [2.45, 2.75) is 117 Å². The zero-order chi connectivity index (χ0) is 20.2. The Morgan fingerprint density at radius 1 is 0.821 bits per heavy atom. The Morgan fingerprint density at radius 2 is 1.39 bits per heavy atom. The van der Waals surface area contributed by atoms with Gasteiger partial charge in [-0.3, -0.25) is 5.10 Å². The summed E-state index contributed by atoms with van der Waals surface area (Å²) in [5.41, 5.74) is 1.72. The summed E-state index contributed by atoms with van der Waals surface area (Å²) in [4.78, 5) is 0. The SMILES string of the molecule is CCCCCCCCC(CCCCCC)CCCc1nnc2c(Cl)c(C)[nH]n12. The topological polar surface area (TPSA) is 46.0 Å². The molecule has 0 spiro atoms. The molecule has 2 aromatic rings. The summed E-state index contributed by atoms with van der Waals surface area (Å²) >= 11 is 6.27. The third-order valence-corrected chi connectivity index (χ3v) is 6.43. The molecule has 2 heterocycles. The summed E-state index contributed by atoms with van der Waals surface area (Å²) in [5, 5.41) is 12.6. The molecule has 0 aromatic carbocycles. The lowest BCUT2D eigenvalue weighted by atomic mass is 9.90. The Kier molecular flexibility index (Phi) is 11.0. The van der Waals surface area contributed by atoms with E-state index in [0.29, 0.717) is 5.02 Å². The standard InChI is InChI=1S/C23H41ClN4/c1-4-6-8-10-11-13-16-20(15-12-9-7-5-2)17-14-18-21-25-26-23-22(24)19(3)27-28(21)23/h20,27H,4-18H2,1-3H3. The second-order valence-corrected chi connectivity index (χ2v) is 8.87. The molecule has 0 aliphatic heterocycles. The molecule has 0 radical (unpaired) electrons. The minimum atomic E-state index is 0.690. The number of rotatable bonds is 16. The zero-order valence-corrected chi connectivity index (χ0v) is 19.2. The van der Waals surface area contributed by atoms with E-state index in [9.17, 15) is 0 Å². The van der Waals surface area contributed by atoms with E-state index in [1.165, 1.54) is 89.9 Å². The first kappa shape index (κ1) is 23.3. The Morgan fingerprint density at radius 3 is 2.07 bits per heavy atom. The first-order valence-corrected chi connectivity index (χ1v) is 12.1. The van der Waals surface area contributed by atoms with Gasteiger partial charge in [0.1, 0.15) is 5.02 Å². The summed E-state index contributed by atoms with van der Waals surface area (Å²) in [7, 11) is 0. The monoisotopic (exact) mass is 408 g/mol. The summed E-state index contributed by atoms with van der Waals surface area (Å²) in [6, 6.07) is 0. The first-order chi connectivity index (χ1) is 13.7.